The monoisotopic (exact) mass is 591 g/mol. The SMILES string of the molecule is CC(C)CCC[C@@H](C)[C@H]1CCC2C3C(CC[C@@]21C)[C@@]1(C)CC[C@@H](NCCn2ccnc2)C[C@@H]1C[C@H]3NCCn1ccnc1. The summed E-state index contributed by atoms with van der Waals surface area (Å²) in [5.41, 5.74) is 1.02. The van der Waals surface area contributed by atoms with Crippen molar-refractivity contribution < 1.29 is 0 Å². The van der Waals surface area contributed by atoms with E-state index in [0.29, 0.717) is 22.9 Å². The fourth-order valence-electron chi connectivity index (χ4n) is 11.3. The van der Waals surface area contributed by atoms with Crippen molar-refractivity contribution in [2.24, 2.45) is 52.3 Å². The average molecular weight is 591 g/mol. The molecule has 0 radical (unpaired) electrons. The van der Waals surface area contributed by atoms with Crippen molar-refractivity contribution in [3.63, 3.8) is 0 Å². The van der Waals surface area contributed by atoms with E-state index in [1.165, 1.54) is 70.6 Å². The first-order chi connectivity index (χ1) is 20.8. The summed E-state index contributed by atoms with van der Waals surface area (Å²) in [5, 5.41) is 8.19. The van der Waals surface area contributed by atoms with Gasteiger partial charge in [-0.3, -0.25) is 0 Å². The molecule has 2 N–H and O–H groups in total. The molecule has 4 saturated carbocycles. The van der Waals surface area contributed by atoms with Gasteiger partial charge in [-0.1, -0.05) is 53.9 Å². The second-order valence-corrected chi connectivity index (χ2v) is 16.3. The minimum Gasteiger partial charge on any atom is -0.336 e. The molecule has 6 heteroatoms. The molecular formula is C37H62N6. The van der Waals surface area contributed by atoms with Crippen LogP contribution >= 0.6 is 0 Å². The molecule has 4 aliphatic carbocycles. The van der Waals surface area contributed by atoms with Gasteiger partial charge in [0.15, 0.2) is 0 Å². The zero-order valence-electron chi connectivity index (χ0n) is 28.1. The van der Waals surface area contributed by atoms with Crippen LogP contribution in [0, 0.1) is 52.3 Å². The summed E-state index contributed by atoms with van der Waals surface area (Å²) < 4.78 is 4.44. The van der Waals surface area contributed by atoms with Crippen LogP contribution in [0.5, 0.6) is 0 Å². The number of hydrogen-bond donors (Lipinski definition) is 2. The second kappa shape index (κ2) is 13.4. The lowest BCUT2D eigenvalue weighted by Crippen LogP contribution is -2.62. The molecule has 2 aromatic rings. The van der Waals surface area contributed by atoms with E-state index in [9.17, 15) is 0 Å². The third kappa shape index (κ3) is 6.52. The van der Waals surface area contributed by atoms with Gasteiger partial charge in [0, 0.05) is 63.1 Å². The van der Waals surface area contributed by atoms with E-state index in [2.05, 4.69) is 76.7 Å². The first-order valence-electron chi connectivity index (χ1n) is 18.2. The molecule has 43 heavy (non-hydrogen) atoms. The smallest absolute Gasteiger partial charge is 0.0946 e. The Balaban J connectivity index is 1.16. The summed E-state index contributed by atoms with van der Waals surface area (Å²) >= 11 is 0. The van der Waals surface area contributed by atoms with Crippen molar-refractivity contribution in [3.05, 3.63) is 37.4 Å². The Morgan fingerprint density at radius 3 is 2.14 bits per heavy atom. The molecule has 0 aromatic carbocycles. The highest BCUT2D eigenvalue weighted by molar-refractivity contribution is 5.13. The van der Waals surface area contributed by atoms with Gasteiger partial charge in [0.05, 0.1) is 12.7 Å². The third-order valence-electron chi connectivity index (χ3n) is 13.6. The standard InChI is InChI=1S/C37H62N6/c1-27(2)7-6-8-28(3)31-9-10-32-35-33(12-14-37(31,32)5)36(4)13-11-30(40-17-21-42-19-15-38-25-42)23-29(36)24-34(35)41-18-22-43-20-16-39-26-43/h15-16,19-20,25-35,40-41H,6-14,17-18,21-24H2,1-5H3/t28-,29-,30-,31-,32?,33?,34-,35?,36+,37-/m1/s1. The van der Waals surface area contributed by atoms with E-state index < -0.39 is 0 Å². The molecule has 240 valence electrons. The van der Waals surface area contributed by atoms with Gasteiger partial charge in [-0.15, -0.1) is 0 Å². The van der Waals surface area contributed by atoms with Crippen LogP contribution < -0.4 is 10.6 Å². The molecule has 0 amide bonds. The summed E-state index contributed by atoms with van der Waals surface area (Å²) in [6.45, 7) is 17.0. The van der Waals surface area contributed by atoms with Crippen molar-refractivity contribution >= 4 is 0 Å². The number of imidazole rings is 2. The Bertz CT molecular complexity index is 1110. The molecule has 0 saturated heterocycles. The molecule has 3 unspecified atom stereocenters. The number of hydrogen-bond acceptors (Lipinski definition) is 4. The molecule has 0 bridgehead atoms. The first kappa shape index (κ1) is 31.3. The molecule has 4 fully saturated rings. The van der Waals surface area contributed by atoms with Gasteiger partial charge in [-0.2, -0.15) is 0 Å². The van der Waals surface area contributed by atoms with Gasteiger partial charge in [-0.25, -0.2) is 9.97 Å². The molecular weight excluding hydrogens is 528 g/mol. The number of fused-ring (bicyclic) bond motifs is 5. The zero-order chi connectivity index (χ0) is 30.0. The molecule has 6 nitrogen and oxygen atoms in total. The fourth-order valence-corrected chi connectivity index (χ4v) is 11.3. The average Bonchev–Trinajstić information content (AvgIpc) is 3.75. The van der Waals surface area contributed by atoms with E-state index in [1.807, 2.05) is 25.0 Å². The number of rotatable bonds is 13. The Morgan fingerprint density at radius 1 is 0.791 bits per heavy atom. The van der Waals surface area contributed by atoms with Crippen LogP contribution in [0.1, 0.15) is 105 Å². The molecule has 6 rings (SSSR count). The maximum absolute atomic E-state index is 4.30. The lowest BCUT2D eigenvalue weighted by Gasteiger charge is -2.63. The first-order valence-corrected chi connectivity index (χ1v) is 18.2. The Morgan fingerprint density at radius 2 is 1.47 bits per heavy atom. The maximum Gasteiger partial charge on any atom is 0.0946 e. The molecule has 4 aliphatic rings. The van der Waals surface area contributed by atoms with Crippen molar-refractivity contribution in [1.29, 1.82) is 0 Å². The minimum absolute atomic E-state index is 0.498. The second-order valence-electron chi connectivity index (χ2n) is 16.3. The maximum atomic E-state index is 4.30. The van der Waals surface area contributed by atoms with Gasteiger partial charge in [0.1, 0.15) is 0 Å². The highest BCUT2D eigenvalue weighted by atomic mass is 15.1. The quantitative estimate of drug-likeness (QED) is 0.255. The molecule has 0 aliphatic heterocycles. The van der Waals surface area contributed by atoms with Crippen molar-refractivity contribution in [3.8, 4) is 0 Å². The van der Waals surface area contributed by atoms with Crippen molar-refractivity contribution in [1.82, 2.24) is 29.7 Å². The van der Waals surface area contributed by atoms with E-state index in [0.717, 1.165) is 67.6 Å². The van der Waals surface area contributed by atoms with Crippen LogP contribution in [0.3, 0.4) is 0 Å². The van der Waals surface area contributed by atoms with Crippen LogP contribution in [0.4, 0.5) is 0 Å². The van der Waals surface area contributed by atoms with Crippen LogP contribution in [-0.2, 0) is 13.1 Å². The van der Waals surface area contributed by atoms with Gasteiger partial charge >= 0.3 is 0 Å². The topological polar surface area (TPSA) is 59.7 Å². The predicted molar refractivity (Wildman–Crippen MR) is 176 cm³/mol. The van der Waals surface area contributed by atoms with Gasteiger partial charge in [0.2, 0.25) is 0 Å². The predicted octanol–water partition coefficient (Wildman–Crippen LogP) is 7.43. The van der Waals surface area contributed by atoms with E-state index in [4.69, 9.17) is 0 Å². The molecule has 10 atom stereocenters. The zero-order valence-corrected chi connectivity index (χ0v) is 28.1. The summed E-state index contributed by atoms with van der Waals surface area (Å²) in [6.07, 6.45) is 27.5. The van der Waals surface area contributed by atoms with Gasteiger partial charge in [-0.05, 0) is 104 Å². The number of nitrogens with zero attached hydrogens (tertiary/aromatic N) is 4. The molecule has 0 spiro atoms. The summed E-state index contributed by atoms with van der Waals surface area (Å²) in [4.78, 5) is 8.52. The Labute approximate surface area is 262 Å². The van der Waals surface area contributed by atoms with Crippen molar-refractivity contribution in [2.75, 3.05) is 13.1 Å². The lowest BCUT2D eigenvalue weighted by molar-refractivity contribution is -0.131. The van der Waals surface area contributed by atoms with Crippen LogP contribution in [0.2, 0.25) is 0 Å². The van der Waals surface area contributed by atoms with Crippen LogP contribution in [0.15, 0.2) is 37.4 Å². The number of aromatic nitrogens is 4. The van der Waals surface area contributed by atoms with E-state index >= 15 is 0 Å². The van der Waals surface area contributed by atoms with Crippen LogP contribution in [0.25, 0.3) is 0 Å². The number of nitrogens with one attached hydrogen (secondary N) is 2. The van der Waals surface area contributed by atoms with E-state index in [-0.39, 0.29) is 0 Å². The lowest BCUT2D eigenvalue weighted by atomic mass is 9.43. The van der Waals surface area contributed by atoms with Gasteiger partial charge < -0.3 is 19.8 Å². The van der Waals surface area contributed by atoms with Gasteiger partial charge in [0.25, 0.3) is 0 Å². The molecule has 2 aromatic heterocycles. The highest BCUT2D eigenvalue weighted by Gasteiger charge is 2.62. The van der Waals surface area contributed by atoms with Crippen molar-refractivity contribution in [2.45, 2.75) is 130 Å². The van der Waals surface area contributed by atoms with E-state index in [1.54, 1.807) is 0 Å². The van der Waals surface area contributed by atoms with Crippen LogP contribution in [-0.4, -0.2) is 44.3 Å². The fraction of sp³-hybridized carbons (Fsp3) is 0.838. The highest BCUT2D eigenvalue weighted by Crippen LogP contribution is 2.68. The molecule has 2 heterocycles. The summed E-state index contributed by atoms with van der Waals surface area (Å²) in [7, 11) is 0. The largest absolute Gasteiger partial charge is 0.336 e. The third-order valence-corrected chi connectivity index (χ3v) is 13.6. The minimum atomic E-state index is 0.498. The summed E-state index contributed by atoms with van der Waals surface area (Å²) in [6, 6.07) is 1.30. The Hall–Kier alpha value is -1.66. The normalized spacial score (nSPS) is 38.0. The summed E-state index contributed by atoms with van der Waals surface area (Å²) in [5.74, 6) is 6.03. The Kier molecular flexibility index (Phi) is 9.74.